The number of hydrogen-bond acceptors (Lipinski definition) is 4. The molecule has 0 spiro atoms. The molecule has 0 saturated carbocycles. The normalized spacial score (nSPS) is 10.6. The number of rotatable bonds is 10. The molecule has 0 aliphatic heterocycles. The fourth-order valence-corrected chi connectivity index (χ4v) is 2.89. The van der Waals surface area contributed by atoms with Gasteiger partial charge in [0.15, 0.2) is 5.11 Å². The highest BCUT2D eigenvalue weighted by Crippen LogP contribution is 2.19. The van der Waals surface area contributed by atoms with Crippen molar-refractivity contribution in [1.82, 2.24) is 5.32 Å². The molecule has 5 nitrogen and oxygen atoms in total. The summed E-state index contributed by atoms with van der Waals surface area (Å²) in [4.78, 5) is 12.1. The molecular weight excluding hydrogens is 384 g/mol. The van der Waals surface area contributed by atoms with Crippen LogP contribution in [0.4, 0.5) is 5.69 Å². The molecule has 0 radical (unpaired) electrons. The predicted octanol–water partition coefficient (Wildman–Crippen LogP) is 5.18. The molecule has 0 saturated heterocycles. The van der Waals surface area contributed by atoms with Gasteiger partial charge in [-0.2, -0.15) is 0 Å². The molecule has 2 rings (SSSR count). The van der Waals surface area contributed by atoms with Crippen LogP contribution in [0.15, 0.2) is 54.6 Å². The van der Waals surface area contributed by atoms with Crippen molar-refractivity contribution in [3.63, 3.8) is 0 Å². The molecule has 0 fully saturated rings. The summed E-state index contributed by atoms with van der Waals surface area (Å²) in [6, 6.07) is 15.0. The Morgan fingerprint density at radius 3 is 2.72 bits per heavy atom. The van der Waals surface area contributed by atoms with Crippen LogP contribution in [0.25, 0.3) is 6.08 Å². The van der Waals surface area contributed by atoms with Gasteiger partial charge in [-0.05, 0) is 42.9 Å². The van der Waals surface area contributed by atoms with Gasteiger partial charge in [0.2, 0.25) is 5.91 Å². The van der Waals surface area contributed by atoms with E-state index in [1.165, 1.54) is 25.3 Å². The number of carbonyl (C=O) groups is 1. The molecule has 0 aliphatic carbocycles. The monoisotopic (exact) mass is 412 g/mol. The van der Waals surface area contributed by atoms with E-state index in [2.05, 4.69) is 17.6 Å². The van der Waals surface area contributed by atoms with Gasteiger partial charge in [0.05, 0.1) is 13.7 Å². The van der Waals surface area contributed by atoms with Crippen LogP contribution in [0.2, 0.25) is 0 Å². The summed E-state index contributed by atoms with van der Waals surface area (Å²) in [5.41, 5.74) is 1.57. The molecule has 0 bridgehead atoms. The second kappa shape index (κ2) is 12.6. The Bertz CT molecular complexity index is 836. The van der Waals surface area contributed by atoms with Crippen molar-refractivity contribution in [3.05, 3.63) is 60.2 Å². The molecule has 0 aliphatic rings. The van der Waals surface area contributed by atoms with E-state index in [0.717, 1.165) is 23.4 Å². The van der Waals surface area contributed by atoms with E-state index in [1.807, 2.05) is 48.5 Å². The number of anilines is 1. The van der Waals surface area contributed by atoms with Crippen molar-refractivity contribution >= 4 is 35.0 Å². The van der Waals surface area contributed by atoms with Crippen LogP contribution < -0.4 is 20.1 Å². The summed E-state index contributed by atoms with van der Waals surface area (Å²) in [5.74, 6) is 1.15. The smallest absolute Gasteiger partial charge is 0.250 e. The van der Waals surface area contributed by atoms with Crippen LogP contribution in [0, 0.1) is 0 Å². The quantitative estimate of drug-likeness (QED) is 0.320. The molecule has 2 aromatic carbocycles. The molecule has 0 aromatic heterocycles. The highest BCUT2D eigenvalue weighted by molar-refractivity contribution is 7.80. The van der Waals surface area contributed by atoms with Gasteiger partial charge >= 0.3 is 0 Å². The van der Waals surface area contributed by atoms with Gasteiger partial charge in [-0.3, -0.25) is 10.1 Å². The zero-order chi connectivity index (χ0) is 20.9. The highest BCUT2D eigenvalue weighted by Gasteiger charge is 2.04. The zero-order valence-electron chi connectivity index (χ0n) is 16.9. The van der Waals surface area contributed by atoms with E-state index in [0.29, 0.717) is 12.4 Å². The third-order valence-corrected chi connectivity index (χ3v) is 4.35. The van der Waals surface area contributed by atoms with E-state index in [4.69, 9.17) is 21.7 Å². The molecule has 6 heteroatoms. The number of benzene rings is 2. The minimum atomic E-state index is -0.322. The molecule has 154 valence electrons. The zero-order valence-corrected chi connectivity index (χ0v) is 17.8. The van der Waals surface area contributed by atoms with Crippen LogP contribution in [-0.2, 0) is 4.79 Å². The van der Waals surface area contributed by atoms with Gasteiger partial charge in [-0.15, -0.1) is 0 Å². The molecule has 2 aromatic rings. The number of carbonyl (C=O) groups excluding carboxylic acids is 1. The maximum atomic E-state index is 12.1. The summed E-state index contributed by atoms with van der Waals surface area (Å²) in [5, 5.41) is 5.86. The van der Waals surface area contributed by atoms with Crippen molar-refractivity contribution in [2.24, 2.45) is 0 Å². The first-order valence-corrected chi connectivity index (χ1v) is 10.2. The Morgan fingerprint density at radius 1 is 1.10 bits per heavy atom. The average Bonchev–Trinajstić information content (AvgIpc) is 2.72. The first kappa shape index (κ1) is 22.4. The van der Waals surface area contributed by atoms with Crippen molar-refractivity contribution < 1.29 is 14.3 Å². The van der Waals surface area contributed by atoms with Gasteiger partial charge in [-0.1, -0.05) is 50.5 Å². The Kier molecular flexibility index (Phi) is 9.72. The highest BCUT2D eigenvalue weighted by atomic mass is 32.1. The van der Waals surface area contributed by atoms with E-state index in [1.54, 1.807) is 13.2 Å². The van der Waals surface area contributed by atoms with Gasteiger partial charge in [0, 0.05) is 23.4 Å². The molecule has 0 atom stereocenters. The second-order valence-electron chi connectivity index (χ2n) is 6.46. The molecular formula is C23H28N2O3S. The lowest BCUT2D eigenvalue weighted by molar-refractivity contribution is -0.115. The molecule has 0 heterocycles. The first-order chi connectivity index (χ1) is 14.1. The standard InChI is InChI=1S/C23H28N2O3S/c1-3-4-5-8-16-28-20-12-9-11-19(17-20)24-23(29)25-22(26)15-14-18-10-6-7-13-21(18)27-2/h6-7,9-15,17H,3-5,8,16H2,1-2H3,(H2,24,25,26,29)/b15-14+. The lowest BCUT2D eigenvalue weighted by Crippen LogP contribution is -2.32. The van der Waals surface area contributed by atoms with Crippen LogP contribution in [0.1, 0.15) is 38.2 Å². The number of nitrogens with one attached hydrogen (secondary N) is 2. The van der Waals surface area contributed by atoms with Gasteiger partial charge in [-0.25, -0.2) is 0 Å². The summed E-state index contributed by atoms with van der Waals surface area (Å²) in [7, 11) is 1.59. The number of thiocarbonyl (C=S) groups is 1. The first-order valence-electron chi connectivity index (χ1n) is 9.78. The van der Waals surface area contributed by atoms with Gasteiger partial charge < -0.3 is 14.8 Å². The Balaban J connectivity index is 1.83. The Labute approximate surface area is 178 Å². The minimum absolute atomic E-state index is 0.222. The number of ether oxygens (including phenoxy) is 2. The van der Waals surface area contributed by atoms with Crippen LogP contribution in [-0.4, -0.2) is 24.7 Å². The summed E-state index contributed by atoms with van der Waals surface area (Å²) < 4.78 is 11.0. The number of amides is 1. The van der Waals surface area contributed by atoms with Gasteiger partial charge in [0.25, 0.3) is 0 Å². The van der Waals surface area contributed by atoms with E-state index < -0.39 is 0 Å². The maximum absolute atomic E-state index is 12.1. The molecule has 29 heavy (non-hydrogen) atoms. The predicted molar refractivity (Wildman–Crippen MR) is 122 cm³/mol. The average molecular weight is 413 g/mol. The summed E-state index contributed by atoms with van der Waals surface area (Å²) >= 11 is 5.23. The van der Waals surface area contributed by atoms with E-state index >= 15 is 0 Å². The fraction of sp³-hybridized carbons (Fsp3) is 0.304. The SMILES string of the molecule is CCCCCCOc1cccc(NC(=S)NC(=O)/C=C/c2ccccc2OC)c1. The number of methoxy groups -OCH3 is 1. The number of para-hydroxylation sites is 1. The molecule has 0 unspecified atom stereocenters. The maximum Gasteiger partial charge on any atom is 0.250 e. The Morgan fingerprint density at radius 2 is 1.93 bits per heavy atom. The molecule has 1 amide bonds. The van der Waals surface area contributed by atoms with Crippen LogP contribution >= 0.6 is 12.2 Å². The van der Waals surface area contributed by atoms with E-state index in [-0.39, 0.29) is 11.0 Å². The lowest BCUT2D eigenvalue weighted by Gasteiger charge is -2.11. The van der Waals surface area contributed by atoms with Crippen LogP contribution in [0.5, 0.6) is 11.5 Å². The number of hydrogen-bond donors (Lipinski definition) is 2. The fourth-order valence-electron chi connectivity index (χ4n) is 2.67. The van der Waals surface area contributed by atoms with Crippen molar-refractivity contribution in [2.75, 3.05) is 19.0 Å². The lowest BCUT2D eigenvalue weighted by atomic mass is 10.2. The number of unbranched alkanes of at least 4 members (excludes halogenated alkanes) is 3. The third kappa shape index (κ3) is 8.35. The third-order valence-electron chi connectivity index (χ3n) is 4.15. The largest absolute Gasteiger partial charge is 0.496 e. The van der Waals surface area contributed by atoms with Crippen LogP contribution in [0.3, 0.4) is 0 Å². The summed E-state index contributed by atoms with van der Waals surface area (Å²) in [6.07, 6.45) is 7.75. The minimum Gasteiger partial charge on any atom is -0.496 e. The van der Waals surface area contributed by atoms with Crippen molar-refractivity contribution in [3.8, 4) is 11.5 Å². The van der Waals surface area contributed by atoms with Crippen molar-refractivity contribution in [1.29, 1.82) is 0 Å². The Hall–Kier alpha value is -2.86. The van der Waals surface area contributed by atoms with Crippen molar-refractivity contribution in [2.45, 2.75) is 32.6 Å². The molecule has 2 N–H and O–H groups in total. The second-order valence-corrected chi connectivity index (χ2v) is 6.86. The topological polar surface area (TPSA) is 59.6 Å². The van der Waals surface area contributed by atoms with E-state index in [9.17, 15) is 4.79 Å². The van der Waals surface area contributed by atoms with Gasteiger partial charge in [0.1, 0.15) is 11.5 Å². The summed E-state index contributed by atoms with van der Waals surface area (Å²) in [6.45, 7) is 2.88.